The lowest BCUT2D eigenvalue weighted by Gasteiger charge is -2.36. The second kappa shape index (κ2) is 5.24. The Hall–Kier alpha value is -1.18. The third-order valence-electron chi connectivity index (χ3n) is 2.05. The van der Waals surface area contributed by atoms with Gasteiger partial charge in [-0.05, 0) is 0 Å². The Kier molecular flexibility index (Phi) is 4.22. The van der Waals surface area contributed by atoms with Crippen LogP contribution in [0.2, 0.25) is 0 Å². The Balaban J connectivity index is 2.66. The summed E-state index contributed by atoms with van der Waals surface area (Å²) in [5.41, 5.74) is 0. The molecule has 2 N–H and O–H groups in total. The van der Waals surface area contributed by atoms with Crippen molar-refractivity contribution in [1.29, 1.82) is 0 Å². The number of ether oxygens (including phenoxy) is 3. The fourth-order valence-electron chi connectivity index (χ4n) is 1.40. The van der Waals surface area contributed by atoms with Gasteiger partial charge in [-0.3, -0.25) is 9.59 Å². The zero-order chi connectivity index (χ0) is 12.3. The maximum absolute atomic E-state index is 10.7. The van der Waals surface area contributed by atoms with Crippen molar-refractivity contribution in [2.24, 2.45) is 0 Å². The molecule has 0 radical (unpaired) electrons. The Morgan fingerprint density at radius 2 is 1.75 bits per heavy atom. The first-order chi connectivity index (χ1) is 7.41. The number of rotatable bonds is 2. The highest BCUT2D eigenvalue weighted by molar-refractivity contribution is 5.67. The molecular formula is C9H14O7. The van der Waals surface area contributed by atoms with Gasteiger partial charge >= 0.3 is 11.9 Å². The summed E-state index contributed by atoms with van der Waals surface area (Å²) in [4.78, 5) is 21.4. The van der Waals surface area contributed by atoms with Crippen LogP contribution in [0.1, 0.15) is 13.8 Å². The van der Waals surface area contributed by atoms with Crippen LogP contribution >= 0.6 is 0 Å². The lowest BCUT2D eigenvalue weighted by molar-refractivity contribution is -0.263. The molecule has 0 aromatic carbocycles. The van der Waals surface area contributed by atoms with Gasteiger partial charge < -0.3 is 24.4 Å². The lowest BCUT2D eigenvalue weighted by atomic mass is 10.1. The van der Waals surface area contributed by atoms with Crippen molar-refractivity contribution in [3.05, 3.63) is 0 Å². The van der Waals surface area contributed by atoms with Gasteiger partial charge in [-0.2, -0.15) is 0 Å². The van der Waals surface area contributed by atoms with Gasteiger partial charge in [-0.25, -0.2) is 0 Å². The molecule has 7 nitrogen and oxygen atoms in total. The summed E-state index contributed by atoms with van der Waals surface area (Å²) in [7, 11) is 0. The van der Waals surface area contributed by atoms with Crippen LogP contribution in [0.5, 0.6) is 0 Å². The molecule has 0 saturated carbocycles. The highest BCUT2D eigenvalue weighted by atomic mass is 16.7. The molecular weight excluding hydrogens is 220 g/mol. The fourth-order valence-corrected chi connectivity index (χ4v) is 1.40. The zero-order valence-electron chi connectivity index (χ0n) is 8.95. The van der Waals surface area contributed by atoms with Crippen LogP contribution in [-0.2, 0) is 23.8 Å². The van der Waals surface area contributed by atoms with Crippen LogP contribution in [0.4, 0.5) is 0 Å². The standard InChI is InChI=1S/C9H14O7/c1-4(10)15-6-3-14-9(13)8(7(6)12)16-5(2)11/h6-9,12-13H,3H2,1-2H3/t6-,7+,8-,9+/m1/s1. The molecule has 1 aliphatic rings. The fraction of sp³-hybridized carbons (Fsp3) is 0.778. The van der Waals surface area contributed by atoms with E-state index in [1.807, 2.05) is 0 Å². The van der Waals surface area contributed by atoms with E-state index in [4.69, 9.17) is 9.47 Å². The van der Waals surface area contributed by atoms with Crippen LogP contribution in [0.25, 0.3) is 0 Å². The third kappa shape index (κ3) is 3.16. The van der Waals surface area contributed by atoms with Gasteiger partial charge in [0.15, 0.2) is 18.5 Å². The average Bonchev–Trinajstić information content (AvgIpc) is 2.16. The summed E-state index contributed by atoms with van der Waals surface area (Å²) in [6, 6.07) is 0. The minimum atomic E-state index is -1.43. The van der Waals surface area contributed by atoms with Gasteiger partial charge in [0.25, 0.3) is 0 Å². The molecule has 92 valence electrons. The smallest absolute Gasteiger partial charge is 0.303 e. The quantitative estimate of drug-likeness (QED) is 0.564. The highest BCUT2D eigenvalue weighted by Crippen LogP contribution is 2.19. The topological polar surface area (TPSA) is 102 Å². The van der Waals surface area contributed by atoms with Crippen molar-refractivity contribution in [3.63, 3.8) is 0 Å². The van der Waals surface area contributed by atoms with Crippen LogP contribution < -0.4 is 0 Å². The molecule has 1 fully saturated rings. The number of aliphatic hydroxyl groups is 2. The Morgan fingerprint density at radius 1 is 1.19 bits per heavy atom. The molecule has 7 heteroatoms. The van der Waals surface area contributed by atoms with Crippen LogP contribution in [0.3, 0.4) is 0 Å². The summed E-state index contributed by atoms with van der Waals surface area (Å²) < 4.78 is 14.2. The van der Waals surface area contributed by atoms with E-state index in [-0.39, 0.29) is 6.61 Å². The number of aliphatic hydroxyl groups excluding tert-OH is 2. The third-order valence-corrected chi connectivity index (χ3v) is 2.05. The first-order valence-corrected chi connectivity index (χ1v) is 4.74. The first kappa shape index (κ1) is 12.9. The van der Waals surface area contributed by atoms with Gasteiger partial charge in [-0.15, -0.1) is 0 Å². The van der Waals surface area contributed by atoms with Gasteiger partial charge in [0.05, 0.1) is 6.61 Å². The maximum atomic E-state index is 10.7. The minimum absolute atomic E-state index is 0.153. The van der Waals surface area contributed by atoms with Crippen LogP contribution in [0, 0.1) is 0 Å². The predicted octanol–water partition coefficient (Wildman–Crippen LogP) is -1.44. The summed E-state index contributed by atoms with van der Waals surface area (Å²) >= 11 is 0. The largest absolute Gasteiger partial charge is 0.457 e. The Morgan fingerprint density at radius 3 is 2.25 bits per heavy atom. The van der Waals surface area contributed by atoms with Crippen molar-refractivity contribution in [1.82, 2.24) is 0 Å². The molecule has 1 aliphatic heterocycles. The van der Waals surface area contributed by atoms with E-state index in [2.05, 4.69) is 4.74 Å². The van der Waals surface area contributed by atoms with Crippen LogP contribution in [0.15, 0.2) is 0 Å². The number of carbonyl (C=O) groups excluding carboxylic acids is 2. The van der Waals surface area contributed by atoms with E-state index < -0.39 is 36.5 Å². The van der Waals surface area contributed by atoms with Gasteiger partial charge in [0.1, 0.15) is 6.10 Å². The zero-order valence-corrected chi connectivity index (χ0v) is 8.95. The minimum Gasteiger partial charge on any atom is -0.457 e. The molecule has 1 heterocycles. The molecule has 0 bridgehead atoms. The van der Waals surface area contributed by atoms with E-state index in [1.165, 1.54) is 6.92 Å². The van der Waals surface area contributed by atoms with Crippen molar-refractivity contribution in [2.75, 3.05) is 6.61 Å². The van der Waals surface area contributed by atoms with E-state index in [9.17, 15) is 19.8 Å². The molecule has 4 atom stereocenters. The number of carbonyl (C=O) groups is 2. The molecule has 16 heavy (non-hydrogen) atoms. The lowest BCUT2D eigenvalue weighted by Crippen LogP contribution is -2.55. The number of hydrogen-bond donors (Lipinski definition) is 2. The van der Waals surface area contributed by atoms with Crippen molar-refractivity contribution < 1.29 is 34.0 Å². The average molecular weight is 234 g/mol. The molecule has 0 amide bonds. The second-order valence-electron chi connectivity index (χ2n) is 3.44. The summed E-state index contributed by atoms with van der Waals surface area (Å²) in [6.45, 7) is 2.16. The highest BCUT2D eigenvalue weighted by Gasteiger charge is 2.42. The summed E-state index contributed by atoms with van der Waals surface area (Å²) in [5.74, 6) is -1.26. The summed E-state index contributed by atoms with van der Waals surface area (Å²) in [5, 5.41) is 19.0. The maximum Gasteiger partial charge on any atom is 0.303 e. The van der Waals surface area contributed by atoms with Crippen LogP contribution in [-0.4, -0.2) is 53.4 Å². The van der Waals surface area contributed by atoms with Crippen molar-refractivity contribution in [2.45, 2.75) is 38.4 Å². The van der Waals surface area contributed by atoms with Gasteiger partial charge in [-0.1, -0.05) is 0 Å². The number of hydrogen-bond acceptors (Lipinski definition) is 7. The molecule has 0 aromatic rings. The SMILES string of the molecule is CC(=O)O[C@@H]1[C@@H](O)[C@H](OC(C)=O)CO[C@@H]1O. The van der Waals surface area contributed by atoms with Gasteiger partial charge in [0, 0.05) is 13.8 Å². The molecule has 0 spiro atoms. The molecule has 0 unspecified atom stereocenters. The summed E-state index contributed by atoms with van der Waals surface area (Å²) in [6.07, 6.45) is -4.94. The molecule has 1 rings (SSSR count). The Bertz CT molecular complexity index is 277. The van der Waals surface area contributed by atoms with E-state index in [0.717, 1.165) is 6.92 Å². The Labute approximate surface area is 91.9 Å². The monoisotopic (exact) mass is 234 g/mol. The molecule has 0 aliphatic carbocycles. The molecule has 0 aromatic heterocycles. The molecule has 1 saturated heterocycles. The normalized spacial score (nSPS) is 34.2. The van der Waals surface area contributed by atoms with Crippen molar-refractivity contribution >= 4 is 11.9 Å². The van der Waals surface area contributed by atoms with Crippen molar-refractivity contribution in [3.8, 4) is 0 Å². The van der Waals surface area contributed by atoms with E-state index in [0.29, 0.717) is 0 Å². The predicted molar refractivity (Wildman–Crippen MR) is 49.1 cm³/mol. The van der Waals surface area contributed by atoms with E-state index in [1.54, 1.807) is 0 Å². The number of esters is 2. The van der Waals surface area contributed by atoms with Gasteiger partial charge in [0.2, 0.25) is 0 Å². The van der Waals surface area contributed by atoms with E-state index >= 15 is 0 Å². The first-order valence-electron chi connectivity index (χ1n) is 4.74. The second-order valence-corrected chi connectivity index (χ2v) is 3.44.